The molecule has 0 bridgehead atoms. The molecule has 94 heavy (non-hydrogen) atoms. The van der Waals surface area contributed by atoms with Crippen molar-refractivity contribution in [3.8, 4) is 0 Å². The maximum atomic E-state index is 15.1. The van der Waals surface area contributed by atoms with Gasteiger partial charge in [-0.25, -0.2) is 4.57 Å². The van der Waals surface area contributed by atoms with Gasteiger partial charge >= 0.3 is 19.8 Å². The van der Waals surface area contributed by atoms with Gasteiger partial charge in [0.15, 0.2) is 6.10 Å². The van der Waals surface area contributed by atoms with Crippen LogP contribution < -0.4 is 0 Å². The lowest BCUT2D eigenvalue weighted by Crippen LogP contribution is -2.67. The summed E-state index contributed by atoms with van der Waals surface area (Å²) in [7, 11) is -5.21. The fourth-order valence-electron chi connectivity index (χ4n) is 12.3. The van der Waals surface area contributed by atoms with Crippen molar-refractivity contribution in [3.05, 3.63) is 179 Å². The van der Waals surface area contributed by atoms with Crippen LogP contribution in [0.3, 0.4) is 0 Å². The number of phosphoric ester groups is 1. The molecule has 520 valence electrons. The zero-order valence-electron chi connectivity index (χ0n) is 57.3. The second-order valence-electron chi connectivity index (χ2n) is 25.8. The lowest BCUT2D eigenvalue weighted by molar-refractivity contribution is -0.280. The Morgan fingerprint density at radius 1 is 0.340 bits per heavy atom. The number of carbonyl (C=O) groups is 2. The van der Waals surface area contributed by atoms with Crippen LogP contribution in [0.4, 0.5) is 0 Å². The van der Waals surface area contributed by atoms with Crippen LogP contribution in [-0.2, 0) is 89.4 Å². The standard InChI is InChI=1S/C80H117O13P/c1-3-5-7-9-11-13-15-17-19-21-23-25-27-29-46-58-73(81)85-65-72(92-74(82)59-47-30-28-26-24-22-20-18-16-14-12-10-8-6-4-2)66-91-94(83,84)93-80-78(89-63-70-54-42-34-43-55-70)76(87-61-68-50-38-32-39-51-68)75(86-60-67-48-36-31-37-49-67)77(88-62-69-52-40-33-41-53-69)79(80)90-64-71-56-44-35-45-57-71/h31-45,48-57,72,75-80H,3-30,46-47,58-66H2,1-2H3,(H,83,84)/t72-,75?,76-,77+,78-,79-,80?/m1/s1. The molecular formula is C80H117O13P. The summed E-state index contributed by atoms with van der Waals surface area (Å²) < 4.78 is 74.2. The largest absolute Gasteiger partial charge is 0.472 e. The van der Waals surface area contributed by atoms with Gasteiger partial charge in [-0.05, 0) is 40.7 Å². The number of hydrogen-bond donors (Lipinski definition) is 1. The summed E-state index contributed by atoms with van der Waals surface area (Å²) in [4.78, 5) is 39.3. The number of unbranched alkanes of at least 4 members (excludes halogenated alkanes) is 28. The highest BCUT2D eigenvalue weighted by Crippen LogP contribution is 2.49. The molecule has 3 unspecified atom stereocenters. The monoisotopic (exact) mass is 1320 g/mol. The van der Waals surface area contributed by atoms with Crippen molar-refractivity contribution in [1.29, 1.82) is 0 Å². The molecule has 13 nitrogen and oxygen atoms in total. The maximum Gasteiger partial charge on any atom is 0.472 e. The molecule has 0 saturated heterocycles. The van der Waals surface area contributed by atoms with Crippen LogP contribution in [0, 0.1) is 0 Å². The Balaban J connectivity index is 1.18. The molecule has 0 aliphatic heterocycles. The second kappa shape index (κ2) is 49.5. The van der Waals surface area contributed by atoms with Crippen LogP contribution in [-0.4, -0.2) is 72.8 Å². The molecule has 5 aromatic carbocycles. The fraction of sp³-hybridized carbons (Fsp3) is 0.600. The summed E-state index contributed by atoms with van der Waals surface area (Å²) in [5, 5.41) is 0. The van der Waals surface area contributed by atoms with Crippen molar-refractivity contribution < 1.29 is 61.3 Å². The Kier molecular flexibility index (Phi) is 41.0. The van der Waals surface area contributed by atoms with E-state index in [1.165, 1.54) is 141 Å². The molecule has 1 aliphatic rings. The van der Waals surface area contributed by atoms with Crippen LogP contribution in [0.25, 0.3) is 0 Å². The van der Waals surface area contributed by atoms with Gasteiger partial charge in [-0.1, -0.05) is 345 Å². The third-order valence-corrected chi connectivity index (χ3v) is 18.7. The van der Waals surface area contributed by atoms with Gasteiger partial charge in [0.25, 0.3) is 0 Å². The molecule has 0 spiro atoms. The quantitative estimate of drug-likeness (QED) is 0.0223. The molecule has 0 heterocycles. The van der Waals surface area contributed by atoms with Crippen molar-refractivity contribution in [3.63, 3.8) is 0 Å². The van der Waals surface area contributed by atoms with E-state index in [-0.39, 0.29) is 52.5 Å². The number of benzene rings is 5. The van der Waals surface area contributed by atoms with E-state index in [2.05, 4.69) is 13.8 Å². The van der Waals surface area contributed by atoms with Crippen LogP contribution in [0.1, 0.15) is 247 Å². The first-order valence-corrected chi connectivity index (χ1v) is 38.0. The molecule has 6 rings (SSSR count). The Morgan fingerprint density at radius 3 is 0.862 bits per heavy atom. The number of esters is 2. The molecule has 14 heteroatoms. The van der Waals surface area contributed by atoms with Crippen molar-refractivity contribution in [2.75, 3.05) is 13.2 Å². The van der Waals surface area contributed by atoms with Crippen molar-refractivity contribution in [2.24, 2.45) is 0 Å². The molecule has 1 fully saturated rings. The van der Waals surface area contributed by atoms with Gasteiger partial charge < -0.3 is 38.1 Å². The SMILES string of the molecule is CCCCCCCCCCCCCCCCCC(=O)OC[C@H](COP(=O)(O)OC1[C@H](OCc2ccccc2)[C@H](OCc2ccccc2)C(OCc2ccccc2)[C@H](OCc2ccccc2)[C@H]1OCc1ccccc1)OC(=O)CCCCCCCCCCCCCCCCC. The number of hydrogen-bond acceptors (Lipinski definition) is 12. The Bertz CT molecular complexity index is 2590. The van der Waals surface area contributed by atoms with Crippen LogP contribution in [0.15, 0.2) is 152 Å². The van der Waals surface area contributed by atoms with Gasteiger partial charge in [0.05, 0.1) is 39.6 Å². The number of ether oxygens (including phenoxy) is 7. The fourth-order valence-corrected chi connectivity index (χ4v) is 13.2. The highest BCUT2D eigenvalue weighted by molar-refractivity contribution is 7.47. The van der Waals surface area contributed by atoms with Gasteiger partial charge in [-0.3, -0.25) is 18.6 Å². The minimum absolute atomic E-state index is 0.0572. The molecule has 0 radical (unpaired) electrons. The van der Waals surface area contributed by atoms with Gasteiger partial charge in [-0.15, -0.1) is 0 Å². The molecular weight excluding hydrogens is 1200 g/mol. The van der Waals surface area contributed by atoms with E-state index in [1.54, 1.807) is 0 Å². The molecule has 1 N–H and O–H groups in total. The molecule has 1 aliphatic carbocycles. The first kappa shape index (κ1) is 78.0. The summed E-state index contributed by atoms with van der Waals surface area (Å²) in [6.07, 6.45) is 28.6. The summed E-state index contributed by atoms with van der Waals surface area (Å²) in [5.41, 5.74) is 4.32. The normalized spacial score (nSPS) is 18.2. The first-order chi connectivity index (χ1) is 46.2. The summed E-state index contributed by atoms with van der Waals surface area (Å²) >= 11 is 0. The van der Waals surface area contributed by atoms with E-state index in [0.29, 0.717) is 12.8 Å². The highest BCUT2D eigenvalue weighted by atomic mass is 31.2. The first-order valence-electron chi connectivity index (χ1n) is 36.5. The van der Waals surface area contributed by atoms with E-state index in [1.807, 2.05) is 152 Å². The lowest BCUT2D eigenvalue weighted by Gasteiger charge is -2.49. The zero-order valence-corrected chi connectivity index (χ0v) is 58.2. The third kappa shape index (κ3) is 33.8. The molecule has 0 amide bonds. The third-order valence-electron chi connectivity index (χ3n) is 17.7. The summed E-state index contributed by atoms with van der Waals surface area (Å²) in [5.74, 6) is -0.947. The Labute approximate surface area is 566 Å². The van der Waals surface area contributed by atoms with Crippen molar-refractivity contribution >= 4 is 19.8 Å². The minimum Gasteiger partial charge on any atom is -0.462 e. The molecule has 8 atom stereocenters. The van der Waals surface area contributed by atoms with Crippen LogP contribution in [0.2, 0.25) is 0 Å². The average Bonchev–Trinajstić information content (AvgIpc) is 0.764. The van der Waals surface area contributed by atoms with E-state index >= 15 is 4.57 Å². The number of phosphoric acid groups is 1. The lowest BCUT2D eigenvalue weighted by atomic mass is 9.83. The Morgan fingerprint density at radius 2 is 0.585 bits per heavy atom. The average molecular weight is 1320 g/mol. The van der Waals surface area contributed by atoms with Gasteiger partial charge in [0.2, 0.25) is 0 Å². The smallest absolute Gasteiger partial charge is 0.462 e. The van der Waals surface area contributed by atoms with Gasteiger partial charge in [-0.2, -0.15) is 0 Å². The van der Waals surface area contributed by atoms with E-state index in [0.717, 1.165) is 66.3 Å². The predicted octanol–water partition coefficient (Wildman–Crippen LogP) is 20.4. The van der Waals surface area contributed by atoms with Gasteiger partial charge in [0, 0.05) is 12.8 Å². The predicted molar refractivity (Wildman–Crippen MR) is 376 cm³/mol. The van der Waals surface area contributed by atoms with E-state index < -0.39 is 69.1 Å². The summed E-state index contributed by atoms with van der Waals surface area (Å²) in [6, 6.07) is 48.5. The van der Waals surface area contributed by atoms with Crippen LogP contribution in [0.5, 0.6) is 0 Å². The molecule has 1 saturated carbocycles. The zero-order chi connectivity index (χ0) is 66.2. The summed E-state index contributed by atoms with van der Waals surface area (Å²) in [6.45, 7) is 4.04. The number of rotatable bonds is 55. The van der Waals surface area contributed by atoms with E-state index in [4.69, 9.17) is 42.2 Å². The van der Waals surface area contributed by atoms with Gasteiger partial charge in [0.1, 0.15) is 43.2 Å². The molecule has 0 aromatic heterocycles. The highest BCUT2D eigenvalue weighted by Gasteiger charge is 2.57. The minimum atomic E-state index is -5.21. The second-order valence-corrected chi connectivity index (χ2v) is 27.2. The molecule has 5 aromatic rings. The topological polar surface area (TPSA) is 155 Å². The van der Waals surface area contributed by atoms with Crippen molar-refractivity contribution in [1.82, 2.24) is 0 Å². The Hall–Kier alpha value is -5.05. The number of carbonyl (C=O) groups excluding carboxylic acids is 2. The van der Waals surface area contributed by atoms with Crippen LogP contribution >= 0.6 is 7.82 Å². The van der Waals surface area contributed by atoms with E-state index in [9.17, 15) is 14.5 Å². The van der Waals surface area contributed by atoms with Crippen molar-refractivity contribution in [2.45, 2.75) is 295 Å². The maximum absolute atomic E-state index is 15.1.